The molecule has 29 heavy (non-hydrogen) atoms. The number of anilines is 1. The predicted octanol–water partition coefficient (Wildman–Crippen LogP) is 3.54. The van der Waals surface area contributed by atoms with Crippen molar-refractivity contribution in [3.8, 4) is 5.75 Å². The second-order valence-electron chi connectivity index (χ2n) is 7.27. The van der Waals surface area contributed by atoms with Gasteiger partial charge in [0.1, 0.15) is 11.3 Å². The fourth-order valence-electron chi connectivity index (χ4n) is 3.72. The van der Waals surface area contributed by atoms with Crippen molar-refractivity contribution in [3.63, 3.8) is 0 Å². The number of hydrogen-bond donors (Lipinski definition) is 0. The lowest BCUT2D eigenvalue weighted by Crippen LogP contribution is -2.49. The van der Waals surface area contributed by atoms with E-state index in [1.807, 2.05) is 47.4 Å². The first kappa shape index (κ1) is 19.1. The Bertz CT molecular complexity index is 1030. The van der Waals surface area contributed by atoms with Crippen LogP contribution in [0.5, 0.6) is 5.75 Å². The van der Waals surface area contributed by atoms with Crippen LogP contribution in [0, 0.1) is 0 Å². The summed E-state index contributed by atoms with van der Waals surface area (Å²) < 4.78 is 10.8. The number of nitrogens with zero attached hydrogens (tertiary/aromatic N) is 2. The van der Waals surface area contributed by atoms with E-state index in [1.165, 1.54) is 0 Å². The highest BCUT2D eigenvalue weighted by molar-refractivity contribution is 5.94. The monoisotopic (exact) mass is 392 g/mol. The number of amides is 1. The summed E-state index contributed by atoms with van der Waals surface area (Å²) in [6.45, 7) is 4.47. The second-order valence-corrected chi connectivity index (χ2v) is 7.27. The smallest absolute Gasteiger partial charge is 0.227 e. The molecule has 150 valence electrons. The molecule has 6 heteroatoms. The Labute approximate surface area is 169 Å². The minimum atomic E-state index is 0.0668. The molecular formula is C23H24N2O4. The predicted molar refractivity (Wildman–Crippen MR) is 112 cm³/mol. The maximum atomic E-state index is 12.8. The molecule has 0 aliphatic carbocycles. The van der Waals surface area contributed by atoms with Crippen molar-refractivity contribution < 1.29 is 18.7 Å². The highest BCUT2D eigenvalue weighted by Gasteiger charge is 2.22. The van der Waals surface area contributed by atoms with Gasteiger partial charge in [0.25, 0.3) is 0 Å². The second kappa shape index (κ2) is 7.99. The van der Waals surface area contributed by atoms with E-state index in [2.05, 4.69) is 4.90 Å². The van der Waals surface area contributed by atoms with Crippen LogP contribution in [0.2, 0.25) is 0 Å². The maximum absolute atomic E-state index is 12.8. The van der Waals surface area contributed by atoms with Crippen molar-refractivity contribution in [2.75, 3.05) is 38.2 Å². The number of fused-ring (bicyclic) bond motifs is 1. The van der Waals surface area contributed by atoms with Gasteiger partial charge in [-0.15, -0.1) is 0 Å². The average Bonchev–Trinajstić information content (AvgIpc) is 3.15. The topological polar surface area (TPSA) is 63.0 Å². The lowest BCUT2D eigenvalue weighted by Gasteiger charge is -2.36. The number of Topliss-reactive ketones (excluding diaryl/α,β-unsaturated/α-hetero) is 1. The van der Waals surface area contributed by atoms with Crippen LogP contribution in [-0.4, -0.2) is 49.9 Å². The van der Waals surface area contributed by atoms with Crippen LogP contribution in [0.1, 0.15) is 22.8 Å². The third-order valence-electron chi connectivity index (χ3n) is 5.48. The summed E-state index contributed by atoms with van der Waals surface area (Å²) in [5.74, 6) is 0.907. The van der Waals surface area contributed by atoms with Crippen LogP contribution in [0.15, 0.2) is 53.1 Å². The molecule has 0 radical (unpaired) electrons. The van der Waals surface area contributed by atoms with E-state index in [0.717, 1.165) is 41.1 Å². The van der Waals surface area contributed by atoms with Crippen LogP contribution >= 0.6 is 0 Å². The van der Waals surface area contributed by atoms with Crippen LogP contribution in [-0.2, 0) is 11.2 Å². The van der Waals surface area contributed by atoms with E-state index in [-0.39, 0.29) is 11.7 Å². The van der Waals surface area contributed by atoms with Crippen LogP contribution in [0.4, 0.5) is 5.69 Å². The zero-order chi connectivity index (χ0) is 20.4. The number of ether oxygens (including phenoxy) is 1. The van der Waals surface area contributed by atoms with Gasteiger partial charge in [0.15, 0.2) is 5.78 Å². The molecule has 0 saturated carbocycles. The summed E-state index contributed by atoms with van der Waals surface area (Å²) in [7, 11) is 1.62. The molecule has 0 atom stereocenters. The maximum Gasteiger partial charge on any atom is 0.227 e. The van der Waals surface area contributed by atoms with Gasteiger partial charge in [0.2, 0.25) is 5.91 Å². The molecule has 0 N–H and O–H groups in total. The SMILES string of the molecule is COc1ccc2c(CC(=O)N3CCN(c4ccc(C(C)=O)cc4)CC3)coc2c1. The van der Waals surface area contributed by atoms with Crippen molar-refractivity contribution in [3.05, 3.63) is 59.9 Å². The van der Waals surface area contributed by atoms with E-state index >= 15 is 0 Å². The number of ketones is 1. The Balaban J connectivity index is 1.37. The Morgan fingerprint density at radius 3 is 2.41 bits per heavy atom. The largest absolute Gasteiger partial charge is 0.497 e. The van der Waals surface area contributed by atoms with Crippen LogP contribution in [0.3, 0.4) is 0 Å². The fourth-order valence-corrected chi connectivity index (χ4v) is 3.72. The van der Waals surface area contributed by atoms with Gasteiger partial charge in [-0.1, -0.05) is 0 Å². The normalized spacial score (nSPS) is 14.3. The molecule has 0 bridgehead atoms. The Morgan fingerprint density at radius 1 is 1.03 bits per heavy atom. The molecule has 1 amide bonds. The van der Waals surface area contributed by atoms with Crippen LogP contribution in [0.25, 0.3) is 11.0 Å². The molecule has 4 rings (SSSR count). The van der Waals surface area contributed by atoms with Gasteiger partial charge < -0.3 is 19.0 Å². The molecule has 0 spiro atoms. The van der Waals surface area contributed by atoms with Gasteiger partial charge >= 0.3 is 0 Å². The highest BCUT2D eigenvalue weighted by Crippen LogP contribution is 2.26. The van der Waals surface area contributed by atoms with E-state index in [0.29, 0.717) is 25.1 Å². The molecule has 1 saturated heterocycles. The first-order chi connectivity index (χ1) is 14.0. The van der Waals surface area contributed by atoms with Gasteiger partial charge in [-0.3, -0.25) is 9.59 Å². The first-order valence-corrected chi connectivity index (χ1v) is 9.73. The zero-order valence-corrected chi connectivity index (χ0v) is 16.7. The van der Waals surface area contributed by atoms with Crippen LogP contribution < -0.4 is 9.64 Å². The standard InChI is InChI=1S/C23H24N2O4/c1-16(26)17-3-5-19(6-4-17)24-9-11-25(12-10-24)23(27)13-18-15-29-22-14-20(28-2)7-8-21(18)22/h3-8,14-15H,9-13H2,1-2H3. The van der Waals surface area contributed by atoms with Crippen molar-refractivity contribution in [1.29, 1.82) is 0 Å². The molecule has 3 aromatic rings. The molecular weight excluding hydrogens is 368 g/mol. The summed E-state index contributed by atoms with van der Waals surface area (Å²) in [6.07, 6.45) is 1.99. The summed E-state index contributed by atoms with van der Waals surface area (Å²) in [4.78, 5) is 28.4. The Morgan fingerprint density at radius 2 is 1.76 bits per heavy atom. The van der Waals surface area contributed by atoms with Crippen molar-refractivity contribution in [2.45, 2.75) is 13.3 Å². The van der Waals surface area contributed by atoms with E-state index in [4.69, 9.17) is 9.15 Å². The third kappa shape index (κ3) is 3.97. The quantitative estimate of drug-likeness (QED) is 0.622. The number of piperazine rings is 1. The van der Waals surface area contributed by atoms with E-state index < -0.39 is 0 Å². The summed E-state index contributed by atoms with van der Waals surface area (Å²) in [5.41, 5.74) is 3.42. The molecule has 2 heterocycles. The number of rotatable bonds is 5. The van der Waals surface area contributed by atoms with Crippen molar-refractivity contribution >= 4 is 28.3 Å². The minimum absolute atomic E-state index is 0.0668. The summed E-state index contributed by atoms with van der Waals surface area (Å²) in [6, 6.07) is 13.3. The van der Waals surface area contributed by atoms with Gasteiger partial charge in [-0.2, -0.15) is 0 Å². The number of methoxy groups -OCH3 is 1. The number of hydrogen-bond acceptors (Lipinski definition) is 5. The molecule has 1 fully saturated rings. The van der Waals surface area contributed by atoms with Gasteiger partial charge in [0.05, 0.1) is 19.8 Å². The molecule has 0 unspecified atom stereocenters. The highest BCUT2D eigenvalue weighted by atomic mass is 16.5. The Kier molecular flexibility index (Phi) is 5.25. The third-order valence-corrected chi connectivity index (χ3v) is 5.48. The van der Waals surface area contributed by atoms with Crippen molar-refractivity contribution in [2.24, 2.45) is 0 Å². The minimum Gasteiger partial charge on any atom is -0.497 e. The number of furan rings is 1. The van der Waals surface area contributed by atoms with Gasteiger partial charge in [0, 0.05) is 54.4 Å². The summed E-state index contributed by atoms with van der Waals surface area (Å²) >= 11 is 0. The zero-order valence-electron chi connectivity index (χ0n) is 16.7. The molecule has 6 nitrogen and oxygen atoms in total. The average molecular weight is 392 g/mol. The molecule has 1 aliphatic rings. The van der Waals surface area contributed by atoms with E-state index in [1.54, 1.807) is 20.3 Å². The number of carbonyl (C=O) groups is 2. The lowest BCUT2D eigenvalue weighted by atomic mass is 10.1. The Hall–Kier alpha value is -3.28. The molecule has 2 aromatic carbocycles. The number of benzene rings is 2. The fraction of sp³-hybridized carbons (Fsp3) is 0.304. The lowest BCUT2D eigenvalue weighted by molar-refractivity contribution is -0.130. The first-order valence-electron chi connectivity index (χ1n) is 9.73. The van der Waals surface area contributed by atoms with Crippen molar-refractivity contribution in [1.82, 2.24) is 4.90 Å². The van der Waals surface area contributed by atoms with Gasteiger partial charge in [-0.25, -0.2) is 0 Å². The van der Waals surface area contributed by atoms with Gasteiger partial charge in [-0.05, 0) is 43.3 Å². The summed E-state index contributed by atoms with van der Waals surface area (Å²) in [5, 5.41) is 0.948. The molecule has 1 aromatic heterocycles. The molecule has 1 aliphatic heterocycles. The number of carbonyl (C=O) groups excluding carboxylic acids is 2. The van der Waals surface area contributed by atoms with E-state index in [9.17, 15) is 9.59 Å².